The molecule has 0 aromatic carbocycles. The zero-order valence-electron chi connectivity index (χ0n) is 10.6. The molecule has 0 unspecified atom stereocenters. The van der Waals surface area contributed by atoms with Crippen LogP contribution < -0.4 is 5.32 Å². The van der Waals surface area contributed by atoms with E-state index in [4.69, 9.17) is 16.9 Å². The van der Waals surface area contributed by atoms with Gasteiger partial charge in [0.25, 0.3) is 0 Å². The van der Waals surface area contributed by atoms with Crippen molar-refractivity contribution in [1.82, 2.24) is 4.98 Å². The molecule has 0 aliphatic carbocycles. The predicted octanol–water partition coefficient (Wildman–Crippen LogP) is 4.13. The number of aromatic nitrogens is 1. The minimum atomic E-state index is -0.536. The summed E-state index contributed by atoms with van der Waals surface area (Å²) in [4.78, 5) is 3.90. The summed E-state index contributed by atoms with van der Waals surface area (Å²) < 4.78 is 13.7. The number of hydrogen-bond acceptors (Lipinski definition) is 3. The van der Waals surface area contributed by atoms with Crippen LogP contribution in [0.5, 0.6) is 0 Å². The maximum atomic E-state index is 13.7. The van der Waals surface area contributed by atoms with E-state index in [0.29, 0.717) is 0 Å². The Morgan fingerprint density at radius 2 is 2.28 bits per heavy atom. The van der Waals surface area contributed by atoms with Gasteiger partial charge in [-0.2, -0.15) is 5.26 Å². The first-order valence-electron chi connectivity index (χ1n) is 6.15. The van der Waals surface area contributed by atoms with E-state index in [9.17, 15) is 4.39 Å². The van der Waals surface area contributed by atoms with Gasteiger partial charge in [-0.25, -0.2) is 9.37 Å². The van der Waals surface area contributed by atoms with Crippen LogP contribution in [0.3, 0.4) is 0 Å². The van der Waals surface area contributed by atoms with E-state index >= 15 is 0 Å². The number of unbranched alkanes of at least 4 members (excludes halogenated alkanes) is 1. The minimum Gasteiger partial charge on any atom is -0.365 e. The Kier molecular flexibility index (Phi) is 5.87. The molecular formula is C13H17ClFN3. The van der Waals surface area contributed by atoms with Gasteiger partial charge in [0.15, 0.2) is 11.6 Å². The summed E-state index contributed by atoms with van der Waals surface area (Å²) >= 11 is 5.79. The Labute approximate surface area is 112 Å². The van der Waals surface area contributed by atoms with Crippen LogP contribution in [0.4, 0.5) is 10.2 Å². The van der Waals surface area contributed by atoms with Crippen molar-refractivity contribution in [2.45, 2.75) is 45.6 Å². The summed E-state index contributed by atoms with van der Waals surface area (Å²) in [5.74, 6) is -0.409. The van der Waals surface area contributed by atoms with E-state index in [2.05, 4.69) is 17.2 Å². The molecule has 1 aromatic heterocycles. The lowest BCUT2D eigenvalue weighted by Gasteiger charge is -2.17. The summed E-state index contributed by atoms with van der Waals surface area (Å²) in [5, 5.41) is 11.8. The third-order valence-corrected chi connectivity index (χ3v) is 3.08. The fourth-order valence-corrected chi connectivity index (χ4v) is 1.85. The summed E-state index contributed by atoms with van der Waals surface area (Å²) in [6.45, 7) is 4.15. The third kappa shape index (κ3) is 3.85. The van der Waals surface area contributed by atoms with Gasteiger partial charge in [-0.15, -0.1) is 0 Å². The second-order valence-electron chi connectivity index (χ2n) is 4.16. The Balaban J connectivity index is 2.83. The van der Waals surface area contributed by atoms with Crippen molar-refractivity contribution in [2.24, 2.45) is 0 Å². The van der Waals surface area contributed by atoms with Crippen LogP contribution in [0.2, 0.25) is 5.15 Å². The van der Waals surface area contributed by atoms with Gasteiger partial charge in [0.2, 0.25) is 0 Å². The smallest absolute Gasteiger partial charge is 0.166 e. The predicted molar refractivity (Wildman–Crippen MR) is 71.1 cm³/mol. The van der Waals surface area contributed by atoms with Crippen molar-refractivity contribution in [3.05, 3.63) is 22.6 Å². The molecule has 0 amide bonds. The summed E-state index contributed by atoms with van der Waals surface area (Å²) in [6, 6.07) is 3.09. The lowest BCUT2D eigenvalue weighted by atomic mass is 10.1. The number of halogens is 2. The van der Waals surface area contributed by atoms with Crippen LogP contribution in [0.1, 0.15) is 45.1 Å². The maximum absolute atomic E-state index is 13.7. The molecule has 1 N–H and O–H groups in total. The summed E-state index contributed by atoms with van der Waals surface area (Å²) in [6.07, 6.45) is 4.03. The van der Waals surface area contributed by atoms with Crippen LogP contribution in [-0.2, 0) is 0 Å². The summed E-state index contributed by atoms with van der Waals surface area (Å²) in [5.41, 5.74) is 0.0568. The van der Waals surface area contributed by atoms with E-state index in [-0.39, 0.29) is 22.6 Å². The first kappa shape index (κ1) is 14.7. The van der Waals surface area contributed by atoms with Gasteiger partial charge in [-0.05, 0) is 18.9 Å². The lowest BCUT2D eigenvalue weighted by molar-refractivity contribution is 0.576. The van der Waals surface area contributed by atoms with Gasteiger partial charge in [0, 0.05) is 6.04 Å². The van der Waals surface area contributed by atoms with Crippen LogP contribution in [0.15, 0.2) is 6.07 Å². The molecule has 1 aromatic rings. The highest BCUT2D eigenvalue weighted by molar-refractivity contribution is 6.30. The number of hydrogen-bond donors (Lipinski definition) is 1. The highest BCUT2D eigenvalue weighted by Gasteiger charge is 2.13. The van der Waals surface area contributed by atoms with E-state index in [1.54, 1.807) is 6.07 Å². The molecule has 1 heterocycles. The Bertz CT molecular complexity index is 443. The number of nitrogens with one attached hydrogen (secondary N) is 1. The number of nitrogens with zero attached hydrogens (tertiary/aromatic N) is 2. The molecule has 0 saturated carbocycles. The molecule has 0 saturated heterocycles. The Morgan fingerprint density at radius 1 is 1.56 bits per heavy atom. The zero-order valence-corrected chi connectivity index (χ0v) is 11.4. The van der Waals surface area contributed by atoms with Crippen LogP contribution in [0, 0.1) is 17.1 Å². The molecular weight excluding hydrogens is 253 g/mol. The topological polar surface area (TPSA) is 48.7 Å². The van der Waals surface area contributed by atoms with Gasteiger partial charge >= 0.3 is 0 Å². The number of nitriles is 1. The molecule has 98 valence electrons. The quantitative estimate of drug-likeness (QED) is 0.790. The third-order valence-electron chi connectivity index (χ3n) is 2.79. The number of pyridine rings is 1. The fraction of sp³-hybridized carbons (Fsp3) is 0.538. The molecule has 0 aliphatic rings. The van der Waals surface area contributed by atoms with Gasteiger partial charge < -0.3 is 5.32 Å². The molecule has 0 radical (unpaired) electrons. The highest BCUT2D eigenvalue weighted by Crippen LogP contribution is 2.21. The monoisotopic (exact) mass is 269 g/mol. The van der Waals surface area contributed by atoms with E-state index in [1.807, 2.05) is 6.92 Å². The van der Waals surface area contributed by atoms with Crippen LogP contribution in [0.25, 0.3) is 0 Å². The van der Waals surface area contributed by atoms with Crippen LogP contribution in [-0.4, -0.2) is 11.0 Å². The van der Waals surface area contributed by atoms with Crippen molar-refractivity contribution < 1.29 is 4.39 Å². The largest absolute Gasteiger partial charge is 0.365 e. The SMILES string of the molecule is CCCC[C@H](CC)Nc1nc(Cl)c(C#N)cc1F. The molecule has 1 atom stereocenters. The number of rotatable bonds is 6. The normalized spacial score (nSPS) is 11.9. The van der Waals surface area contributed by atoms with Gasteiger partial charge in [0.1, 0.15) is 11.2 Å². The molecule has 0 bridgehead atoms. The molecule has 0 fully saturated rings. The molecule has 0 spiro atoms. The van der Waals surface area contributed by atoms with Gasteiger partial charge in [0.05, 0.1) is 5.56 Å². The van der Waals surface area contributed by atoms with Crippen molar-refractivity contribution in [1.29, 1.82) is 5.26 Å². The lowest BCUT2D eigenvalue weighted by Crippen LogP contribution is -2.20. The molecule has 1 rings (SSSR count). The van der Waals surface area contributed by atoms with Crippen LogP contribution >= 0.6 is 11.6 Å². The number of anilines is 1. The average Bonchev–Trinajstić information content (AvgIpc) is 2.37. The van der Waals surface area contributed by atoms with E-state index in [1.165, 1.54) is 0 Å². The average molecular weight is 270 g/mol. The van der Waals surface area contributed by atoms with Gasteiger partial charge in [-0.3, -0.25) is 0 Å². The van der Waals surface area contributed by atoms with Crippen molar-refractivity contribution in [3.63, 3.8) is 0 Å². The summed E-state index contributed by atoms with van der Waals surface area (Å²) in [7, 11) is 0. The zero-order chi connectivity index (χ0) is 13.5. The van der Waals surface area contributed by atoms with E-state index < -0.39 is 5.82 Å². The molecule has 0 aliphatic heterocycles. The highest BCUT2D eigenvalue weighted by atomic mass is 35.5. The molecule has 3 nitrogen and oxygen atoms in total. The Morgan fingerprint density at radius 3 is 2.83 bits per heavy atom. The fourth-order valence-electron chi connectivity index (χ4n) is 1.67. The first-order valence-corrected chi connectivity index (χ1v) is 6.52. The van der Waals surface area contributed by atoms with Crippen molar-refractivity contribution in [2.75, 3.05) is 5.32 Å². The second-order valence-corrected chi connectivity index (χ2v) is 4.52. The molecule has 18 heavy (non-hydrogen) atoms. The van der Waals surface area contributed by atoms with Gasteiger partial charge in [-0.1, -0.05) is 38.3 Å². The second kappa shape index (κ2) is 7.17. The standard InChI is InChI=1S/C13H17ClFN3/c1-3-5-6-10(4-2)17-13-11(15)7-9(8-16)12(14)18-13/h7,10H,3-6H2,1-2H3,(H,17,18)/t10-/m0/s1. The van der Waals surface area contributed by atoms with Crippen molar-refractivity contribution >= 4 is 17.4 Å². The first-order chi connectivity index (χ1) is 8.62. The van der Waals surface area contributed by atoms with Crippen molar-refractivity contribution in [3.8, 4) is 6.07 Å². The minimum absolute atomic E-state index is 0.0340. The maximum Gasteiger partial charge on any atom is 0.166 e. The molecule has 5 heteroatoms. The van der Waals surface area contributed by atoms with E-state index in [0.717, 1.165) is 31.7 Å². The Hall–Kier alpha value is -1.34.